The molecule has 0 spiro atoms. The summed E-state index contributed by atoms with van der Waals surface area (Å²) in [6.07, 6.45) is 1.67. The third-order valence-electron chi connectivity index (χ3n) is 4.37. The molecule has 0 saturated carbocycles. The fourth-order valence-electron chi connectivity index (χ4n) is 2.86. The Bertz CT molecular complexity index is 1050. The molecule has 0 atom stereocenters. The zero-order valence-corrected chi connectivity index (χ0v) is 16.0. The van der Waals surface area contributed by atoms with E-state index in [1.54, 1.807) is 6.20 Å². The summed E-state index contributed by atoms with van der Waals surface area (Å²) in [7, 11) is 3.94. The van der Waals surface area contributed by atoms with E-state index in [2.05, 4.69) is 56.7 Å². The molecular weight excluding hydrogens is 358 g/mol. The first-order chi connectivity index (χ1) is 13.1. The second kappa shape index (κ2) is 7.29. The molecule has 136 valence electrons. The number of hydrogen-bond acceptors (Lipinski definition) is 4. The Morgan fingerprint density at radius 1 is 1.04 bits per heavy atom. The van der Waals surface area contributed by atoms with Gasteiger partial charge in [-0.25, -0.2) is 4.98 Å². The molecule has 2 heterocycles. The topological polar surface area (TPSA) is 56.8 Å². The van der Waals surface area contributed by atoms with E-state index in [1.807, 2.05) is 37.2 Å². The average Bonchev–Trinajstić information content (AvgIpc) is 3.11. The molecular formula is C21H20ClN5. The van der Waals surface area contributed by atoms with Gasteiger partial charge >= 0.3 is 0 Å². The molecule has 0 amide bonds. The first kappa shape index (κ1) is 17.4. The largest absolute Gasteiger partial charge is 0.381 e. The summed E-state index contributed by atoms with van der Waals surface area (Å²) < 4.78 is 0. The molecule has 4 aromatic rings. The summed E-state index contributed by atoms with van der Waals surface area (Å²) in [5.74, 6) is 0.855. The third-order valence-corrected chi connectivity index (χ3v) is 4.59. The fourth-order valence-corrected chi connectivity index (χ4v) is 2.97. The second-order valence-electron chi connectivity index (χ2n) is 6.60. The lowest BCUT2D eigenvalue weighted by Crippen LogP contribution is -2.09. The van der Waals surface area contributed by atoms with Crippen LogP contribution in [0.2, 0.25) is 5.02 Å². The highest BCUT2D eigenvalue weighted by Gasteiger charge is 2.05. The van der Waals surface area contributed by atoms with Gasteiger partial charge in [-0.2, -0.15) is 0 Å². The Labute approximate surface area is 163 Å². The van der Waals surface area contributed by atoms with Crippen molar-refractivity contribution in [2.45, 2.75) is 6.54 Å². The molecule has 27 heavy (non-hydrogen) atoms. The molecule has 0 bridgehead atoms. The highest BCUT2D eigenvalue weighted by Crippen LogP contribution is 2.22. The van der Waals surface area contributed by atoms with Gasteiger partial charge in [0.15, 0.2) is 0 Å². The first-order valence-corrected chi connectivity index (χ1v) is 9.08. The van der Waals surface area contributed by atoms with Crippen molar-refractivity contribution in [2.24, 2.45) is 0 Å². The lowest BCUT2D eigenvalue weighted by Gasteiger charge is -2.08. The number of aromatic amines is 1. The standard InChI is InChI=1S/C21H20ClN5/c1-27(2)21-25-19-10-8-17(11-20(19)26-21)23-12-14-3-5-15(6-4-14)18-9-7-16(22)13-24-18/h3-11,13,23H,12H2,1-2H3,(H,25,26). The smallest absolute Gasteiger partial charge is 0.203 e. The van der Waals surface area contributed by atoms with Crippen molar-refractivity contribution < 1.29 is 0 Å². The zero-order valence-electron chi connectivity index (χ0n) is 15.2. The lowest BCUT2D eigenvalue weighted by molar-refractivity contribution is 1.05. The van der Waals surface area contributed by atoms with Gasteiger partial charge in [-0.15, -0.1) is 0 Å². The van der Waals surface area contributed by atoms with E-state index in [-0.39, 0.29) is 0 Å². The van der Waals surface area contributed by atoms with E-state index in [4.69, 9.17) is 11.6 Å². The van der Waals surface area contributed by atoms with Gasteiger partial charge in [0.1, 0.15) is 0 Å². The number of H-pyrrole nitrogens is 1. The van der Waals surface area contributed by atoms with E-state index >= 15 is 0 Å². The molecule has 0 saturated heterocycles. The quantitative estimate of drug-likeness (QED) is 0.516. The number of nitrogens with one attached hydrogen (secondary N) is 2. The Balaban J connectivity index is 1.45. The lowest BCUT2D eigenvalue weighted by atomic mass is 10.1. The Hall–Kier alpha value is -3.05. The number of pyridine rings is 1. The molecule has 2 aromatic carbocycles. The van der Waals surface area contributed by atoms with Crippen molar-refractivity contribution in [2.75, 3.05) is 24.3 Å². The molecule has 2 aromatic heterocycles. The first-order valence-electron chi connectivity index (χ1n) is 8.70. The van der Waals surface area contributed by atoms with Crippen molar-refractivity contribution >= 4 is 34.3 Å². The van der Waals surface area contributed by atoms with Crippen molar-refractivity contribution in [3.8, 4) is 11.3 Å². The van der Waals surface area contributed by atoms with Crippen molar-refractivity contribution in [1.29, 1.82) is 0 Å². The number of anilines is 2. The van der Waals surface area contributed by atoms with Crippen LogP contribution in [0.25, 0.3) is 22.3 Å². The highest BCUT2D eigenvalue weighted by atomic mass is 35.5. The van der Waals surface area contributed by atoms with Crippen LogP contribution in [0.5, 0.6) is 0 Å². The van der Waals surface area contributed by atoms with Gasteiger partial charge in [-0.05, 0) is 35.9 Å². The monoisotopic (exact) mass is 377 g/mol. The van der Waals surface area contributed by atoms with E-state index in [1.165, 1.54) is 5.56 Å². The van der Waals surface area contributed by atoms with Gasteiger partial charge in [0.2, 0.25) is 5.95 Å². The van der Waals surface area contributed by atoms with Crippen LogP contribution in [-0.2, 0) is 6.54 Å². The minimum absolute atomic E-state index is 0.645. The SMILES string of the molecule is CN(C)c1nc2ccc(NCc3ccc(-c4ccc(Cl)cn4)cc3)cc2[nH]1. The maximum atomic E-state index is 5.90. The van der Waals surface area contributed by atoms with E-state index in [0.717, 1.165) is 40.5 Å². The molecule has 0 fully saturated rings. The van der Waals surface area contributed by atoms with Crippen LogP contribution in [-0.4, -0.2) is 29.0 Å². The van der Waals surface area contributed by atoms with Gasteiger partial charge in [-0.1, -0.05) is 35.9 Å². The maximum absolute atomic E-state index is 5.90. The highest BCUT2D eigenvalue weighted by molar-refractivity contribution is 6.30. The molecule has 0 radical (unpaired) electrons. The summed E-state index contributed by atoms with van der Waals surface area (Å²) in [5, 5.41) is 4.11. The van der Waals surface area contributed by atoms with Gasteiger partial charge in [0.25, 0.3) is 0 Å². The van der Waals surface area contributed by atoms with Crippen LogP contribution >= 0.6 is 11.6 Å². The average molecular weight is 378 g/mol. The number of imidazole rings is 1. The summed E-state index contributed by atoms with van der Waals surface area (Å²) in [6.45, 7) is 0.745. The van der Waals surface area contributed by atoms with Crippen LogP contribution in [0.15, 0.2) is 60.8 Å². The van der Waals surface area contributed by atoms with Crippen LogP contribution in [0.1, 0.15) is 5.56 Å². The molecule has 5 nitrogen and oxygen atoms in total. The Kier molecular flexibility index (Phi) is 4.69. The molecule has 0 aliphatic carbocycles. The van der Waals surface area contributed by atoms with Gasteiger partial charge in [-0.3, -0.25) is 4.98 Å². The molecule has 0 aliphatic rings. The molecule has 0 unspecified atom stereocenters. The van der Waals surface area contributed by atoms with Crippen LogP contribution in [0, 0.1) is 0 Å². The predicted octanol–water partition coefficient (Wildman–Crippen LogP) is 4.96. The summed E-state index contributed by atoms with van der Waals surface area (Å²) in [6, 6.07) is 18.3. The number of benzene rings is 2. The summed E-state index contributed by atoms with van der Waals surface area (Å²) in [5.41, 5.74) is 6.23. The van der Waals surface area contributed by atoms with Crippen molar-refractivity contribution in [3.63, 3.8) is 0 Å². The van der Waals surface area contributed by atoms with Gasteiger partial charge < -0.3 is 15.2 Å². The second-order valence-corrected chi connectivity index (χ2v) is 7.04. The van der Waals surface area contributed by atoms with Crippen LogP contribution in [0.3, 0.4) is 0 Å². The number of rotatable bonds is 5. The number of hydrogen-bond donors (Lipinski definition) is 2. The van der Waals surface area contributed by atoms with Crippen molar-refractivity contribution in [1.82, 2.24) is 15.0 Å². The van der Waals surface area contributed by atoms with E-state index < -0.39 is 0 Å². The number of nitrogens with zero attached hydrogens (tertiary/aromatic N) is 3. The normalized spacial score (nSPS) is 10.9. The summed E-state index contributed by atoms with van der Waals surface area (Å²) in [4.78, 5) is 14.2. The summed E-state index contributed by atoms with van der Waals surface area (Å²) >= 11 is 5.90. The van der Waals surface area contributed by atoms with Crippen molar-refractivity contribution in [3.05, 3.63) is 71.4 Å². The zero-order chi connectivity index (χ0) is 18.8. The Morgan fingerprint density at radius 2 is 1.85 bits per heavy atom. The molecule has 0 aliphatic heterocycles. The van der Waals surface area contributed by atoms with E-state index in [9.17, 15) is 0 Å². The molecule has 2 N–H and O–H groups in total. The minimum atomic E-state index is 0.645. The minimum Gasteiger partial charge on any atom is -0.381 e. The molecule has 4 rings (SSSR count). The number of fused-ring (bicyclic) bond motifs is 1. The fraction of sp³-hybridized carbons (Fsp3) is 0.143. The maximum Gasteiger partial charge on any atom is 0.203 e. The third kappa shape index (κ3) is 3.88. The molecule has 6 heteroatoms. The van der Waals surface area contributed by atoms with E-state index in [0.29, 0.717) is 5.02 Å². The van der Waals surface area contributed by atoms with Gasteiger partial charge in [0.05, 0.1) is 21.7 Å². The van der Waals surface area contributed by atoms with Crippen LogP contribution in [0.4, 0.5) is 11.6 Å². The number of halogens is 1. The number of aromatic nitrogens is 3. The Morgan fingerprint density at radius 3 is 2.56 bits per heavy atom. The van der Waals surface area contributed by atoms with Gasteiger partial charge in [0, 0.05) is 38.1 Å². The van der Waals surface area contributed by atoms with Crippen LogP contribution < -0.4 is 10.2 Å². The predicted molar refractivity (Wildman–Crippen MR) is 112 cm³/mol.